The summed E-state index contributed by atoms with van der Waals surface area (Å²) in [4.78, 5) is 6.41. The molecule has 4 heteroatoms. The lowest BCUT2D eigenvalue weighted by Crippen LogP contribution is -2.47. The van der Waals surface area contributed by atoms with Crippen LogP contribution in [0.25, 0.3) is 0 Å². The minimum absolute atomic E-state index is 0.875. The van der Waals surface area contributed by atoms with Gasteiger partial charge in [-0.15, -0.1) is 11.8 Å². The molecule has 0 aliphatic carbocycles. The third-order valence-corrected chi connectivity index (χ3v) is 6.34. The summed E-state index contributed by atoms with van der Waals surface area (Å²) >= 11 is 8.08. The number of halogens is 1. The molecule has 2 aromatic rings. The molecule has 0 aromatic heterocycles. The van der Waals surface area contributed by atoms with E-state index in [9.17, 15) is 0 Å². The number of hydrogen-bond donors (Lipinski definition) is 0. The fraction of sp³-hybridized carbons (Fsp3) is 0.429. The van der Waals surface area contributed by atoms with Gasteiger partial charge in [0.25, 0.3) is 0 Å². The molecule has 0 unspecified atom stereocenters. The van der Waals surface area contributed by atoms with Gasteiger partial charge in [0.2, 0.25) is 0 Å². The van der Waals surface area contributed by atoms with Crippen LogP contribution in [0.4, 0.5) is 0 Å². The normalized spacial score (nSPS) is 16.2. The summed E-state index contributed by atoms with van der Waals surface area (Å²) < 4.78 is 0. The number of benzene rings is 2. The van der Waals surface area contributed by atoms with Crippen molar-refractivity contribution in [3.05, 3.63) is 65.2 Å². The third-order valence-electron chi connectivity index (χ3n) is 4.74. The molecule has 1 saturated heterocycles. The molecule has 134 valence electrons. The van der Waals surface area contributed by atoms with Gasteiger partial charge >= 0.3 is 0 Å². The zero-order valence-corrected chi connectivity index (χ0v) is 16.3. The van der Waals surface area contributed by atoms with Gasteiger partial charge in [-0.05, 0) is 42.8 Å². The van der Waals surface area contributed by atoms with Crippen LogP contribution in [-0.2, 0) is 6.42 Å². The van der Waals surface area contributed by atoms with Gasteiger partial charge in [-0.3, -0.25) is 0 Å². The molecule has 3 rings (SSSR count). The van der Waals surface area contributed by atoms with Crippen LogP contribution in [0.1, 0.15) is 12.0 Å². The van der Waals surface area contributed by atoms with Crippen LogP contribution in [0.5, 0.6) is 0 Å². The van der Waals surface area contributed by atoms with E-state index in [1.165, 1.54) is 56.1 Å². The Morgan fingerprint density at radius 3 is 2.16 bits per heavy atom. The lowest BCUT2D eigenvalue weighted by atomic mass is 10.1. The van der Waals surface area contributed by atoms with Crippen molar-refractivity contribution in [1.29, 1.82) is 0 Å². The lowest BCUT2D eigenvalue weighted by molar-refractivity contribution is 0.134. The predicted octanol–water partition coefficient (Wildman–Crippen LogP) is 4.68. The molecular formula is C21H27ClN2S. The smallest absolute Gasteiger partial charge is 0.0541 e. The van der Waals surface area contributed by atoms with Gasteiger partial charge < -0.3 is 9.80 Å². The second kappa shape index (κ2) is 10.2. The molecule has 0 saturated carbocycles. The first kappa shape index (κ1) is 18.8. The van der Waals surface area contributed by atoms with Crippen LogP contribution >= 0.6 is 23.4 Å². The van der Waals surface area contributed by atoms with Gasteiger partial charge in [-0.25, -0.2) is 0 Å². The summed E-state index contributed by atoms with van der Waals surface area (Å²) in [5.74, 6) is 1.14. The van der Waals surface area contributed by atoms with Crippen LogP contribution in [0.15, 0.2) is 59.5 Å². The SMILES string of the molecule is Clc1ccccc1SCCCN1CCN(CCc2ccccc2)CC1. The van der Waals surface area contributed by atoms with Crippen molar-refractivity contribution in [2.24, 2.45) is 0 Å². The van der Waals surface area contributed by atoms with Crippen LogP contribution < -0.4 is 0 Å². The Hall–Kier alpha value is -1.00. The van der Waals surface area contributed by atoms with Crippen molar-refractivity contribution >= 4 is 23.4 Å². The van der Waals surface area contributed by atoms with E-state index in [1.54, 1.807) is 0 Å². The highest BCUT2D eigenvalue weighted by atomic mass is 35.5. The van der Waals surface area contributed by atoms with E-state index >= 15 is 0 Å². The van der Waals surface area contributed by atoms with Crippen LogP contribution in [-0.4, -0.2) is 54.8 Å². The van der Waals surface area contributed by atoms with Crippen molar-refractivity contribution in [1.82, 2.24) is 9.80 Å². The Bertz CT molecular complexity index is 627. The number of rotatable bonds is 8. The van der Waals surface area contributed by atoms with E-state index in [0.717, 1.165) is 17.2 Å². The van der Waals surface area contributed by atoms with Crippen molar-refractivity contribution < 1.29 is 0 Å². The maximum atomic E-state index is 6.21. The van der Waals surface area contributed by atoms with E-state index in [4.69, 9.17) is 11.6 Å². The summed E-state index contributed by atoms with van der Waals surface area (Å²) in [5, 5.41) is 0.875. The van der Waals surface area contributed by atoms with E-state index < -0.39 is 0 Å². The summed E-state index contributed by atoms with van der Waals surface area (Å²) in [5.41, 5.74) is 1.45. The quantitative estimate of drug-likeness (QED) is 0.489. The minimum atomic E-state index is 0.875. The standard InChI is InChI=1S/C21H27ClN2S/c22-20-9-4-5-10-21(20)25-18-6-12-23-14-16-24(17-15-23)13-11-19-7-2-1-3-8-19/h1-5,7-10H,6,11-18H2. The van der Waals surface area contributed by atoms with E-state index in [-0.39, 0.29) is 0 Å². The number of thioether (sulfide) groups is 1. The molecule has 0 amide bonds. The Morgan fingerprint density at radius 2 is 1.44 bits per heavy atom. The average molecular weight is 375 g/mol. The predicted molar refractivity (Wildman–Crippen MR) is 110 cm³/mol. The van der Waals surface area contributed by atoms with Crippen LogP contribution in [0.3, 0.4) is 0 Å². The molecule has 25 heavy (non-hydrogen) atoms. The highest BCUT2D eigenvalue weighted by Crippen LogP contribution is 2.26. The Morgan fingerprint density at radius 1 is 0.800 bits per heavy atom. The second-order valence-corrected chi connectivity index (χ2v) is 8.10. The molecule has 2 aromatic carbocycles. The maximum Gasteiger partial charge on any atom is 0.0541 e. The lowest BCUT2D eigenvalue weighted by Gasteiger charge is -2.34. The number of nitrogens with zero attached hydrogens (tertiary/aromatic N) is 2. The molecule has 0 bridgehead atoms. The molecule has 1 heterocycles. The largest absolute Gasteiger partial charge is 0.301 e. The fourth-order valence-corrected chi connectivity index (χ4v) is 4.37. The van der Waals surface area contributed by atoms with Gasteiger partial charge in [0.1, 0.15) is 0 Å². The summed E-state index contributed by atoms with van der Waals surface area (Å²) in [6, 6.07) is 18.9. The second-order valence-electron chi connectivity index (χ2n) is 6.55. The highest BCUT2D eigenvalue weighted by Gasteiger charge is 2.16. The summed E-state index contributed by atoms with van der Waals surface area (Å²) in [7, 11) is 0. The van der Waals surface area contributed by atoms with Crippen LogP contribution in [0.2, 0.25) is 5.02 Å². The van der Waals surface area contributed by atoms with Crippen molar-refractivity contribution in [2.45, 2.75) is 17.7 Å². The van der Waals surface area contributed by atoms with E-state index in [2.05, 4.69) is 52.3 Å². The van der Waals surface area contributed by atoms with Gasteiger partial charge in [0, 0.05) is 37.6 Å². The van der Waals surface area contributed by atoms with Gasteiger partial charge in [-0.2, -0.15) is 0 Å². The first-order chi connectivity index (χ1) is 12.3. The van der Waals surface area contributed by atoms with E-state index in [1.807, 2.05) is 23.9 Å². The minimum Gasteiger partial charge on any atom is -0.301 e. The zero-order chi connectivity index (χ0) is 17.3. The van der Waals surface area contributed by atoms with Gasteiger partial charge in [0.05, 0.1) is 5.02 Å². The van der Waals surface area contributed by atoms with Gasteiger partial charge in [0.15, 0.2) is 0 Å². The molecular weight excluding hydrogens is 348 g/mol. The molecule has 1 aliphatic heterocycles. The molecule has 2 nitrogen and oxygen atoms in total. The van der Waals surface area contributed by atoms with Crippen LogP contribution in [0, 0.1) is 0 Å². The zero-order valence-electron chi connectivity index (χ0n) is 14.7. The molecule has 0 radical (unpaired) electrons. The monoisotopic (exact) mass is 374 g/mol. The molecule has 0 N–H and O–H groups in total. The summed E-state index contributed by atoms with van der Waals surface area (Å²) in [6.07, 6.45) is 2.38. The molecule has 1 aliphatic rings. The number of hydrogen-bond acceptors (Lipinski definition) is 3. The molecule has 0 atom stereocenters. The topological polar surface area (TPSA) is 6.48 Å². The maximum absolute atomic E-state index is 6.21. The van der Waals surface area contributed by atoms with Crippen molar-refractivity contribution in [2.75, 3.05) is 45.0 Å². The molecule has 1 fully saturated rings. The Balaban J connectivity index is 1.28. The third kappa shape index (κ3) is 6.34. The first-order valence-corrected chi connectivity index (χ1v) is 10.5. The van der Waals surface area contributed by atoms with Gasteiger partial charge in [-0.1, -0.05) is 54.1 Å². The molecule has 0 spiro atoms. The highest BCUT2D eigenvalue weighted by molar-refractivity contribution is 7.99. The Kier molecular flexibility index (Phi) is 7.68. The summed E-state index contributed by atoms with van der Waals surface area (Å²) in [6.45, 7) is 7.18. The Labute approximate surface area is 161 Å². The van der Waals surface area contributed by atoms with Crippen molar-refractivity contribution in [3.8, 4) is 0 Å². The average Bonchev–Trinajstić information content (AvgIpc) is 2.67. The van der Waals surface area contributed by atoms with Crippen molar-refractivity contribution in [3.63, 3.8) is 0 Å². The first-order valence-electron chi connectivity index (χ1n) is 9.17. The fourth-order valence-electron chi connectivity index (χ4n) is 3.20. The van der Waals surface area contributed by atoms with E-state index in [0.29, 0.717) is 0 Å². The number of piperazine rings is 1.